The van der Waals surface area contributed by atoms with Crippen molar-refractivity contribution in [2.75, 3.05) is 45.8 Å². The second kappa shape index (κ2) is 51.4. The molecule has 121 heavy (non-hydrogen) atoms. The number of rotatable bonds is 34. The van der Waals surface area contributed by atoms with E-state index >= 15 is 14.4 Å². The highest BCUT2D eigenvalue weighted by Gasteiger charge is 2.39. The van der Waals surface area contributed by atoms with Gasteiger partial charge in [-0.1, -0.05) is 51.1 Å². The van der Waals surface area contributed by atoms with Crippen LogP contribution in [-0.4, -0.2) is 258 Å². The van der Waals surface area contributed by atoms with Crippen molar-refractivity contribution < 1.29 is 115 Å². The lowest BCUT2D eigenvalue weighted by Gasteiger charge is -2.29. The Balaban J connectivity index is 3.08. The van der Waals surface area contributed by atoms with Crippen LogP contribution in [0.25, 0.3) is 0 Å². The summed E-state index contributed by atoms with van der Waals surface area (Å²) in [5.74, 6) is -10.9. The average Bonchev–Trinajstić information content (AvgIpc) is 1.16. The molecule has 0 radical (unpaired) electrons. The van der Waals surface area contributed by atoms with E-state index in [9.17, 15) is 72.5 Å². The molecular formula is C81H138N16O24. The van der Waals surface area contributed by atoms with E-state index in [2.05, 4.69) is 85.1 Å². The van der Waals surface area contributed by atoms with Crippen LogP contribution in [0.4, 0.5) is 24.0 Å². The molecule has 1 aliphatic rings. The van der Waals surface area contributed by atoms with Gasteiger partial charge in [-0.3, -0.25) is 52.7 Å². The van der Waals surface area contributed by atoms with Gasteiger partial charge in [0.15, 0.2) is 0 Å². The predicted molar refractivity (Wildman–Crippen MR) is 444 cm³/mol. The summed E-state index contributed by atoms with van der Waals surface area (Å²) >= 11 is 0. The van der Waals surface area contributed by atoms with Gasteiger partial charge in [-0.15, -0.1) is 0 Å². The number of carbonyl (C=O) groups excluding carboxylic acids is 16. The van der Waals surface area contributed by atoms with Gasteiger partial charge >= 0.3 is 36.4 Å². The van der Waals surface area contributed by atoms with Gasteiger partial charge in [-0.2, -0.15) is 0 Å². The number of hydrogen-bond donors (Lipinski definition) is 18. The molecule has 1 aliphatic heterocycles. The number of carbonyl (C=O) groups is 16. The largest absolute Gasteiger partial charge is 0.462 e. The molecule has 0 saturated carbocycles. The first-order valence-electron chi connectivity index (χ1n) is 41.2. The third-order valence-corrected chi connectivity index (χ3v) is 17.0. The first-order chi connectivity index (χ1) is 56.0. The first-order valence-corrected chi connectivity index (χ1v) is 41.2. The number of nitrogens with one attached hydrogen (secondary N) is 16. The molecule has 1 saturated heterocycles. The molecule has 0 aromatic heterocycles. The molecule has 15 amide bonds. The molecule has 13 atom stereocenters. The number of aliphatic hydroxyl groups is 2. The SMILES string of the molecule is CCCC(=O)OC(C)CC(=O)N[C@@H](CCNC(=O)OC(C)(C)C)C(=O)N[C@H](C(=O)N[C@@H](CCNC(=O)OC(C)(C)C)C(=O)N[C@H]1CCNC(=O)[C@H]([C@H](C)O)NC(=O)[C@H](CCCNC(=O)OC(C)(C)C)NC(=O)[C@H](CCNC(=O)OC(C)(C)C)NC(=O)[C@H](CC(C)C)NC(=O)[C@@H](Cc2ccccc2)NC(=O)[C@H](CCNC(=O)OC(C)(C)C)NC1)C(C)O. The van der Waals surface area contributed by atoms with Crippen molar-refractivity contribution in [1.29, 1.82) is 0 Å². The highest BCUT2D eigenvalue weighted by atomic mass is 16.6. The maximum Gasteiger partial charge on any atom is 0.407 e. The highest BCUT2D eigenvalue weighted by molar-refractivity contribution is 5.98. The highest BCUT2D eigenvalue weighted by Crippen LogP contribution is 2.16. The average molecular weight is 1720 g/mol. The monoisotopic (exact) mass is 1720 g/mol. The quantitative estimate of drug-likeness (QED) is 0.0266. The van der Waals surface area contributed by atoms with Gasteiger partial charge in [0.25, 0.3) is 0 Å². The molecule has 2 rings (SSSR count). The van der Waals surface area contributed by atoms with Crippen LogP contribution >= 0.6 is 0 Å². The standard InChI is InChI=1S/C81H138N16O24/c1-22-27-60(101)116-47(4)43-59(100)90-54(33-39-85-74(113)119-79(13,14)15)67(106)97-62(49(6)99)71(110)93-55(34-40-86-75(114)120-80(16,17)18)64(103)89-51-31-37-82-70(109)61(48(5)98)96-66(105)53(30-26-36-83-72(111)117-77(7,8)9)91-65(104)56(35-41-87-76(115)121-81(19,20)21)92-68(107)57(42-46(2)3)94-69(108)58(44-50-28-24-23-25-29-50)95-63(102)52(88-45-51)32-38-84-73(112)118-78(10,11)12/h23-25,28-29,46-49,51-58,61-62,88,98-99H,22,26-27,30-45H2,1-21H3,(H,82,109)(H,83,111)(H,84,112)(H,85,113)(H,86,114)(H,87,115)(H,89,103)(H,90,100)(H,91,104)(H,92,107)(H,93,110)(H,94,108)(H,95,102)(H,96,105)(H,97,106)/t47?,48-,49?,51-,52-,53-,54-,55-,56-,57-,58+,61-,62-/m0/s1. The molecule has 2 unspecified atom stereocenters. The molecule has 40 nitrogen and oxygen atoms in total. The molecule has 0 spiro atoms. The fourth-order valence-corrected chi connectivity index (χ4v) is 11.5. The maximum absolute atomic E-state index is 15.3. The number of hydrogen-bond acceptors (Lipinski definition) is 25. The van der Waals surface area contributed by atoms with Gasteiger partial charge in [0, 0.05) is 64.7 Å². The minimum Gasteiger partial charge on any atom is -0.462 e. The van der Waals surface area contributed by atoms with Crippen molar-refractivity contribution in [3.8, 4) is 0 Å². The lowest BCUT2D eigenvalue weighted by molar-refractivity contribution is -0.150. The van der Waals surface area contributed by atoms with Gasteiger partial charge in [0.05, 0.1) is 24.7 Å². The van der Waals surface area contributed by atoms with E-state index in [1.807, 2.05) is 0 Å². The van der Waals surface area contributed by atoms with Crippen LogP contribution in [-0.2, 0) is 87.6 Å². The fourth-order valence-electron chi connectivity index (χ4n) is 11.5. The van der Waals surface area contributed by atoms with E-state index < -0.39 is 235 Å². The van der Waals surface area contributed by atoms with Crippen molar-refractivity contribution in [2.45, 2.75) is 329 Å². The Labute approximate surface area is 709 Å². The summed E-state index contributed by atoms with van der Waals surface area (Å²) < 4.78 is 32.3. The minimum absolute atomic E-state index is 0.0462. The number of amides is 15. The predicted octanol–water partition coefficient (Wildman–Crippen LogP) is 1.96. The van der Waals surface area contributed by atoms with Gasteiger partial charge < -0.3 is 124 Å². The molecule has 1 fully saturated rings. The molecular weight excluding hydrogens is 1580 g/mol. The maximum atomic E-state index is 15.3. The molecule has 1 aromatic rings. The molecule has 40 heteroatoms. The Hall–Kier alpha value is -10.4. The van der Waals surface area contributed by atoms with Gasteiger partial charge in [0.2, 0.25) is 59.1 Å². The lowest BCUT2D eigenvalue weighted by Crippen LogP contribution is -2.61. The Morgan fingerprint density at radius 3 is 1.37 bits per heavy atom. The topological polar surface area (TPSA) is 561 Å². The normalized spacial score (nSPS) is 19.9. The summed E-state index contributed by atoms with van der Waals surface area (Å²) in [6, 6.07) is -7.64. The van der Waals surface area contributed by atoms with Crippen LogP contribution in [0, 0.1) is 5.92 Å². The van der Waals surface area contributed by atoms with Crippen molar-refractivity contribution in [3.63, 3.8) is 0 Å². The summed E-state index contributed by atoms with van der Waals surface area (Å²) in [6.07, 6.45) is -11.2. The molecule has 686 valence electrons. The third kappa shape index (κ3) is 47.4. The van der Waals surface area contributed by atoms with Crippen LogP contribution in [0.15, 0.2) is 30.3 Å². The summed E-state index contributed by atoms with van der Waals surface area (Å²) in [6.45, 7) is 30.9. The van der Waals surface area contributed by atoms with E-state index in [0.29, 0.717) is 12.0 Å². The Morgan fingerprint density at radius 2 is 0.901 bits per heavy atom. The van der Waals surface area contributed by atoms with Crippen LogP contribution in [0.1, 0.15) is 222 Å². The summed E-state index contributed by atoms with van der Waals surface area (Å²) in [4.78, 5) is 225. The van der Waals surface area contributed by atoms with E-state index in [1.54, 1.807) is 155 Å². The van der Waals surface area contributed by atoms with E-state index in [0.717, 1.165) is 6.92 Å². The van der Waals surface area contributed by atoms with E-state index in [-0.39, 0.29) is 89.9 Å². The van der Waals surface area contributed by atoms with Gasteiger partial charge in [-0.05, 0) is 194 Å². The lowest BCUT2D eigenvalue weighted by atomic mass is 10.00. The van der Waals surface area contributed by atoms with Crippen LogP contribution in [0.2, 0.25) is 0 Å². The molecule has 0 bridgehead atoms. The van der Waals surface area contributed by atoms with E-state index in [4.69, 9.17) is 28.4 Å². The van der Waals surface area contributed by atoms with Crippen molar-refractivity contribution in [2.24, 2.45) is 5.92 Å². The Bertz CT molecular complexity index is 3570. The van der Waals surface area contributed by atoms with E-state index in [1.165, 1.54) is 13.8 Å². The number of aliphatic hydroxyl groups excluding tert-OH is 2. The second-order valence-corrected chi connectivity index (χ2v) is 35.1. The molecule has 1 heterocycles. The molecule has 18 N–H and O–H groups in total. The Kier molecular flexibility index (Phi) is 45.3. The minimum atomic E-state index is -1.94. The molecule has 1 aromatic carbocycles. The van der Waals surface area contributed by atoms with Gasteiger partial charge in [0.1, 0.15) is 82.4 Å². The summed E-state index contributed by atoms with van der Waals surface area (Å²) in [5.41, 5.74) is -4.28. The number of benzene rings is 1. The van der Waals surface area contributed by atoms with Crippen molar-refractivity contribution in [1.82, 2.24) is 85.1 Å². The zero-order valence-corrected chi connectivity index (χ0v) is 74.3. The van der Waals surface area contributed by atoms with Gasteiger partial charge in [-0.25, -0.2) is 24.0 Å². The number of ether oxygens (including phenoxy) is 6. The summed E-state index contributed by atoms with van der Waals surface area (Å²) in [7, 11) is 0. The smallest absolute Gasteiger partial charge is 0.407 e. The zero-order chi connectivity index (χ0) is 91.9. The van der Waals surface area contributed by atoms with Crippen molar-refractivity contribution >= 4 is 95.5 Å². The zero-order valence-electron chi connectivity index (χ0n) is 74.3. The molecule has 0 aliphatic carbocycles. The van der Waals surface area contributed by atoms with Crippen LogP contribution < -0.4 is 85.1 Å². The second-order valence-electron chi connectivity index (χ2n) is 35.1. The first kappa shape index (κ1) is 107. The Morgan fingerprint density at radius 1 is 0.479 bits per heavy atom. The van der Waals surface area contributed by atoms with Crippen LogP contribution in [0.5, 0.6) is 0 Å². The number of alkyl carbamates (subject to hydrolysis) is 5. The van der Waals surface area contributed by atoms with Crippen LogP contribution in [0.3, 0.4) is 0 Å². The number of esters is 1. The third-order valence-electron chi connectivity index (χ3n) is 17.0. The fraction of sp³-hybridized carbons (Fsp3) is 0.728. The van der Waals surface area contributed by atoms with Crippen molar-refractivity contribution in [3.05, 3.63) is 35.9 Å². The summed E-state index contributed by atoms with van der Waals surface area (Å²) in [5, 5.41) is 64.7.